The first-order valence-corrected chi connectivity index (χ1v) is 9.55. The SMILES string of the molecule is CCN(CC)C(=O)c1ccc(NC(=O)C(C)(C)c2ccc(C)cc2)cc1Cl. The van der Waals surface area contributed by atoms with E-state index in [0.29, 0.717) is 29.4 Å². The maximum atomic E-state index is 12.8. The summed E-state index contributed by atoms with van der Waals surface area (Å²) < 4.78 is 0. The van der Waals surface area contributed by atoms with Crippen molar-refractivity contribution < 1.29 is 9.59 Å². The zero-order chi connectivity index (χ0) is 20.2. The Kier molecular flexibility index (Phi) is 6.66. The highest BCUT2D eigenvalue weighted by molar-refractivity contribution is 6.34. The molecule has 0 unspecified atom stereocenters. The van der Waals surface area contributed by atoms with E-state index in [4.69, 9.17) is 11.6 Å². The predicted molar refractivity (Wildman–Crippen MR) is 112 cm³/mol. The summed E-state index contributed by atoms with van der Waals surface area (Å²) in [7, 11) is 0. The van der Waals surface area contributed by atoms with E-state index in [1.54, 1.807) is 23.1 Å². The largest absolute Gasteiger partial charge is 0.339 e. The second kappa shape index (κ2) is 8.57. The molecule has 144 valence electrons. The Labute approximate surface area is 166 Å². The third-order valence-electron chi connectivity index (χ3n) is 4.85. The fourth-order valence-electron chi connectivity index (χ4n) is 2.84. The van der Waals surface area contributed by atoms with Gasteiger partial charge in [-0.15, -0.1) is 0 Å². The molecule has 0 bridgehead atoms. The van der Waals surface area contributed by atoms with Crippen molar-refractivity contribution in [2.75, 3.05) is 18.4 Å². The van der Waals surface area contributed by atoms with Crippen LogP contribution >= 0.6 is 11.6 Å². The maximum Gasteiger partial charge on any atom is 0.255 e. The second-order valence-corrected chi connectivity index (χ2v) is 7.52. The molecule has 0 atom stereocenters. The smallest absolute Gasteiger partial charge is 0.255 e. The monoisotopic (exact) mass is 386 g/mol. The van der Waals surface area contributed by atoms with Crippen LogP contribution in [0.15, 0.2) is 42.5 Å². The molecule has 0 saturated heterocycles. The predicted octanol–water partition coefficient (Wildman–Crippen LogP) is 5.05. The normalized spacial score (nSPS) is 11.2. The third kappa shape index (κ3) is 4.69. The van der Waals surface area contributed by atoms with Crippen molar-refractivity contribution in [1.82, 2.24) is 4.90 Å². The van der Waals surface area contributed by atoms with Gasteiger partial charge in [0.05, 0.1) is 16.0 Å². The number of nitrogens with one attached hydrogen (secondary N) is 1. The van der Waals surface area contributed by atoms with Crippen molar-refractivity contribution in [3.05, 3.63) is 64.2 Å². The standard InChI is InChI=1S/C22H27ClN2O2/c1-6-25(7-2)20(26)18-13-12-17(14-19(18)23)24-21(27)22(4,5)16-10-8-15(3)9-11-16/h8-14H,6-7H2,1-5H3,(H,24,27). The number of anilines is 1. The molecule has 2 rings (SSSR count). The van der Waals surface area contributed by atoms with Crippen LogP contribution in [-0.2, 0) is 10.2 Å². The van der Waals surface area contributed by atoms with Gasteiger partial charge in [0, 0.05) is 18.8 Å². The molecule has 1 N–H and O–H groups in total. The minimum Gasteiger partial charge on any atom is -0.339 e. The lowest BCUT2D eigenvalue weighted by Crippen LogP contribution is -2.34. The number of carbonyl (C=O) groups excluding carboxylic acids is 2. The van der Waals surface area contributed by atoms with Gasteiger partial charge in [-0.3, -0.25) is 9.59 Å². The molecule has 0 fully saturated rings. The number of carbonyl (C=O) groups is 2. The summed E-state index contributed by atoms with van der Waals surface area (Å²) in [4.78, 5) is 27.0. The van der Waals surface area contributed by atoms with E-state index in [2.05, 4.69) is 5.32 Å². The molecule has 0 radical (unpaired) electrons. The van der Waals surface area contributed by atoms with Crippen LogP contribution < -0.4 is 5.32 Å². The summed E-state index contributed by atoms with van der Waals surface area (Å²) in [6, 6.07) is 12.9. The van der Waals surface area contributed by atoms with Crippen molar-refractivity contribution in [3.63, 3.8) is 0 Å². The molecule has 0 aliphatic rings. The zero-order valence-electron chi connectivity index (χ0n) is 16.6. The van der Waals surface area contributed by atoms with Crippen molar-refractivity contribution in [2.45, 2.75) is 40.0 Å². The molecule has 0 aliphatic carbocycles. The Morgan fingerprint density at radius 1 is 1.04 bits per heavy atom. The number of hydrogen-bond donors (Lipinski definition) is 1. The summed E-state index contributed by atoms with van der Waals surface area (Å²) >= 11 is 6.32. The molecule has 4 nitrogen and oxygen atoms in total. The molecule has 2 aromatic carbocycles. The van der Waals surface area contributed by atoms with Crippen LogP contribution in [0.3, 0.4) is 0 Å². The molecule has 0 aromatic heterocycles. The van der Waals surface area contributed by atoms with Crippen molar-refractivity contribution in [3.8, 4) is 0 Å². The highest BCUT2D eigenvalue weighted by Gasteiger charge is 2.30. The summed E-state index contributed by atoms with van der Waals surface area (Å²) in [6.45, 7) is 10.9. The maximum absolute atomic E-state index is 12.8. The van der Waals surface area contributed by atoms with Gasteiger partial charge in [0.1, 0.15) is 0 Å². The molecular weight excluding hydrogens is 360 g/mol. The van der Waals surface area contributed by atoms with Gasteiger partial charge >= 0.3 is 0 Å². The van der Waals surface area contributed by atoms with E-state index in [1.807, 2.05) is 58.9 Å². The average Bonchev–Trinajstić information content (AvgIpc) is 2.63. The van der Waals surface area contributed by atoms with Gasteiger partial charge in [-0.25, -0.2) is 0 Å². The number of amides is 2. The summed E-state index contributed by atoms with van der Waals surface area (Å²) in [5.41, 5.74) is 2.40. The Morgan fingerprint density at radius 2 is 1.63 bits per heavy atom. The van der Waals surface area contributed by atoms with E-state index in [0.717, 1.165) is 11.1 Å². The summed E-state index contributed by atoms with van der Waals surface area (Å²) in [6.07, 6.45) is 0. The Hall–Kier alpha value is -2.33. The molecule has 2 aromatic rings. The number of aryl methyl sites for hydroxylation is 1. The highest BCUT2D eigenvalue weighted by atomic mass is 35.5. The molecular formula is C22H27ClN2O2. The summed E-state index contributed by atoms with van der Waals surface area (Å²) in [5, 5.41) is 3.24. The van der Waals surface area contributed by atoms with Crippen LogP contribution in [0, 0.1) is 6.92 Å². The molecule has 0 spiro atoms. The number of nitrogens with zero attached hydrogens (tertiary/aromatic N) is 1. The van der Waals surface area contributed by atoms with Gasteiger partial charge in [-0.1, -0.05) is 41.4 Å². The fraction of sp³-hybridized carbons (Fsp3) is 0.364. The Bertz CT molecular complexity index is 825. The third-order valence-corrected chi connectivity index (χ3v) is 5.16. The van der Waals surface area contributed by atoms with Crippen LogP contribution in [0.1, 0.15) is 49.2 Å². The average molecular weight is 387 g/mol. The number of benzene rings is 2. The topological polar surface area (TPSA) is 49.4 Å². The number of rotatable bonds is 6. The Balaban J connectivity index is 2.20. The summed E-state index contributed by atoms with van der Waals surface area (Å²) in [5.74, 6) is -0.242. The van der Waals surface area contributed by atoms with Crippen LogP contribution in [0.2, 0.25) is 5.02 Å². The highest BCUT2D eigenvalue weighted by Crippen LogP contribution is 2.27. The molecule has 27 heavy (non-hydrogen) atoms. The molecule has 0 heterocycles. The minimum absolute atomic E-state index is 0.108. The molecule has 5 heteroatoms. The van der Waals surface area contributed by atoms with Crippen LogP contribution in [0.25, 0.3) is 0 Å². The van der Waals surface area contributed by atoms with Gasteiger partial charge in [0.15, 0.2) is 0 Å². The van der Waals surface area contributed by atoms with Crippen LogP contribution in [-0.4, -0.2) is 29.8 Å². The van der Waals surface area contributed by atoms with Crippen molar-refractivity contribution in [1.29, 1.82) is 0 Å². The first kappa shape index (κ1) is 21.0. The Morgan fingerprint density at radius 3 is 2.15 bits per heavy atom. The first-order chi connectivity index (χ1) is 12.7. The van der Waals surface area contributed by atoms with E-state index < -0.39 is 5.41 Å². The first-order valence-electron chi connectivity index (χ1n) is 9.18. The van der Waals surface area contributed by atoms with Gasteiger partial charge in [0.25, 0.3) is 5.91 Å². The van der Waals surface area contributed by atoms with Crippen molar-refractivity contribution in [2.24, 2.45) is 0 Å². The lowest BCUT2D eigenvalue weighted by Gasteiger charge is -2.25. The lowest BCUT2D eigenvalue weighted by atomic mass is 9.83. The number of hydrogen-bond acceptors (Lipinski definition) is 2. The lowest BCUT2D eigenvalue weighted by molar-refractivity contribution is -0.120. The van der Waals surface area contributed by atoms with Gasteiger partial charge < -0.3 is 10.2 Å². The minimum atomic E-state index is -0.699. The van der Waals surface area contributed by atoms with Crippen LogP contribution in [0.5, 0.6) is 0 Å². The molecule has 0 aliphatic heterocycles. The van der Waals surface area contributed by atoms with Gasteiger partial charge in [0.2, 0.25) is 5.91 Å². The van der Waals surface area contributed by atoms with E-state index >= 15 is 0 Å². The zero-order valence-corrected chi connectivity index (χ0v) is 17.4. The van der Waals surface area contributed by atoms with E-state index in [-0.39, 0.29) is 11.8 Å². The fourth-order valence-corrected chi connectivity index (χ4v) is 3.10. The molecule has 0 saturated carbocycles. The van der Waals surface area contributed by atoms with Crippen LogP contribution in [0.4, 0.5) is 5.69 Å². The molecule has 2 amide bonds. The van der Waals surface area contributed by atoms with Crippen molar-refractivity contribution >= 4 is 29.1 Å². The number of halogens is 1. The van der Waals surface area contributed by atoms with E-state index in [1.165, 1.54) is 0 Å². The van der Waals surface area contributed by atoms with Gasteiger partial charge in [-0.05, 0) is 58.4 Å². The quantitative estimate of drug-likeness (QED) is 0.755. The second-order valence-electron chi connectivity index (χ2n) is 7.12. The van der Waals surface area contributed by atoms with Gasteiger partial charge in [-0.2, -0.15) is 0 Å². The van der Waals surface area contributed by atoms with E-state index in [9.17, 15) is 9.59 Å².